The summed E-state index contributed by atoms with van der Waals surface area (Å²) >= 11 is 0. The van der Waals surface area contributed by atoms with E-state index in [-0.39, 0.29) is 11.8 Å². The van der Waals surface area contributed by atoms with E-state index in [0.717, 1.165) is 10.9 Å². The van der Waals surface area contributed by atoms with Crippen LogP contribution >= 0.6 is 0 Å². The molecule has 0 radical (unpaired) electrons. The molecule has 1 aromatic heterocycles. The van der Waals surface area contributed by atoms with Crippen molar-refractivity contribution in [3.63, 3.8) is 0 Å². The number of aromatic amines is 1. The molecule has 1 heterocycles. The summed E-state index contributed by atoms with van der Waals surface area (Å²) in [5, 5.41) is 18.9. The van der Waals surface area contributed by atoms with Gasteiger partial charge in [0.1, 0.15) is 0 Å². The highest BCUT2D eigenvalue weighted by Crippen LogP contribution is 2.14. The molecule has 2 N–H and O–H groups in total. The molecule has 0 saturated carbocycles. The summed E-state index contributed by atoms with van der Waals surface area (Å²) in [5.41, 5.74) is 1.19. The summed E-state index contributed by atoms with van der Waals surface area (Å²) in [4.78, 5) is 11.8. The van der Waals surface area contributed by atoms with E-state index in [9.17, 15) is 4.79 Å². The maximum atomic E-state index is 11.8. The molecule has 0 aliphatic rings. The Hall–Kier alpha value is -2.35. The second kappa shape index (κ2) is 4.66. The van der Waals surface area contributed by atoms with Crippen molar-refractivity contribution in [3.8, 4) is 6.07 Å². The van der Waals surface area contributed by atoms with Gasteiger partial charge in [-0.05, 0) is 13.0 Å². The third-order valence-electron chi connectivity index (χ3n) is 2.47. The van der Waals surface area contributed by atoms with Crippen LogP contribution in [0.5, 0.6) is 0 Å². The normalized spacial score (nSPS) is 12.0. The Balaban J connectivity index is 2.17. The van der Waals surface area contributed by atoms with Crippen LogP contribution in [0.4, 0.5) is 0 Å². The number of fused-ring (bicyclic) bond motifs is 1. The molecule has 0 saturated heterocycles. The van der Waals surface area contributed by atoms with Crippen molar-refractivity contribution >= 4 is 16.8 Å². The van der Waals surface area contributed by atoms with E-state index in [2.05, 4.69) is 21.6 Å². The van der Waals surface area contributed by atoms with Crippen molar-refractivity contribution in [3.05, 3.63) is 30.0 Å². The first-order chi connectivity index (χ1) is 8.22. The maximum absolute atomic E-state index is 11.8. The van der Waals surface area contributed by atoms with E-state index in [1.807, 2.05) is 24.3 Å². The minimum Gasteiger partial charge on any atom is -0.349 e. The molecule has 1 unspecified atom stereocenters. The van der Waals surface area contributed by atoms with Crippen LogP contribution < -0.4 is 5.32 Å². The van der Waals surface area contributed by atoms with Gasteiger partial charge in [-0.15, -0.1) is 0 Å². The Morgan fingerprint density at radius 3 is 3.12 bits per heavy atom. The van der Waals surface area contributed by atoms with Gasteiger partial charge in [-0.1, -0.05) is 18.2 Å². The molecule has 86 valence electrons. The van der Waals surface area contributed by atoms with Crippen LogP contribution in [0.2, 0.25) is 0 Å². The molecule has 5 nitrogen and oxygen atoms in total. The van der Waals surface area contributed by atoms with Gasteiger partial charge in [-0.25, -0.2) is 0 Å². The van der Waals surface area contributed by atoms with E-state index in [0.29, 0.717) is 12.2 Å². The number of nitrogens with one attached hydrogen (secondary N) is 2. The van der Waals surface area contributed by atoms with Crippen molar-refractivity contribution < 1.29 is 4.79 Å². The summed E-state index contributed by atoms with van der Waals surface area (Å²) in [6.07, 6.45) is 0. The first-order valence-electron chi connectivity index (χ1n) is 5.33. The largest absolute Gasteiger partial charge is 0.349 e. The van der Waals surface area contributed by atoms with Crippen molar-refractivity contribution in [2.75, 3.05) is 6.54 Å². The highest BCUT2D eigenvalue weighted by molar-refractivity contribution is 6.04. The topological polar surface area (TPSA) is 81.6 Å². The van der Waals surface area contributed by atoms with Gasteiger partial charge in [-0.2, -0.15) is 10.4 Å². The third-order valence-corrected chi connectivity index (χ3v) is 2.47. The van der Waals surface area contributed by atoms with E-state index in [1.165, 1.54) is 0 Å². The number of carbonyl (C=O) groups excluding carboxylic acids is 1. The standard InChI is InChI=1S/C12H12N4O/c1-8(6-13)7-14-12(17)11-9-4-2-3-5-10(9)15-16-11/h2-5,8H,7H2,1H3,(H,14,17)(H,15,16). The van der Waals surface area contributed by atoms with Crippen molar-refractivity contribution in [2.45, 2.75) is 6.92 Å². The van der Waals surface area contributed by atoms with Gasteiger partial charge in [0, 0.05) is 11.9 Å². The number of rotatable bonds is 3. The molecule has 2 aromatic rings. The number of amides is 1. The lowest BCUT2D eigenvalue weighted by molar-refractivity contribution is 0.0947. The Morgan fingerprint density at radius 2 is 2.35 bits per heavy atom. The molecule has 17 heavy (non-hydrogen) atoms. The van der Waals surface area contributed by atoms with Crippen LogP contribution in [0.1, 0.15) is 17.4 Å². The van der Waals surface area contributed by atoms with Gasteiger partial charge < -0.3 is 5.32 Å². The lowest BCUT2D eigenvalue weighted by Gasteiger charge is -2.03. The Morgan fingerprint density at radius 1 is 1.59 bits per heavy atom. The van der Waals surface area contributed by atoms with Crippen LogP contribution in [0.25, 0.3) is 10.9 Å². The molecule has 0 fully saturated rings. The summed E-state index contributed by atoms with van der Waals surface area (Å²) < 4.78 is 0. The second-order valence-corrected chi connectivity index (χ2v) is 3.86. The fraction of sp³-hybridized carbons (Fsp3) is 0.250. The lowest BCUT2D eigenvalue weighted by Crippen LogP contribution is -2.28. The van der Waals surface area contributed by atoms with Crippen LogP contribution in [-0.2, 0) is 0 Å². The second-order valence-electron chi connectivity index (χ2n) is 3.86. The molecule has 5 heteroatoms. The van der Waals surface area contributed by atoms with Crippen molar-refractivity contribution in [1.29, 1.82) is 5.26 Å². The molecule has 0 bridgehead atoms. The maximum Gasteiger partial charge on any atom is 0.272 e. The number of para-hydroxylation sites is 1. The quantitative estimate of drug-likeness (QED) is 0.834. The number of H-pyrrole nitrogens is 1. The number of carbonyl (C=O) groups is 1. The van der Waals surface area contributed by atoms with E-state index in [1.54, 1.807) is 6.92 Å². The van der Waals surface area contributed by atoms with Crippen LogP contribution in [0.15, 0.2) is 24.3 Å². The van der Waals surface area contributed by atoms with Crippen LogP contribution in [0.3, 0.4) is 0 Å². The van der Waals surface area contributed by atoms with Gasteiger partial charge in [0.25, 0.3) is 5.91 Å². The molecule has 0 aliphatic carbocycles. The number of nitrogens with zero attached hydrogens (tertiary/aromatic N) is 2. The highest BCUT2D eigenvalue weighted by Gasteiger charge is 2.13. The van der Waals surface area contributed by atoms with Gasteiger partial charge in [-0.3, -0.25) is 9.89 Å². The third kappa shape index (κ3) is 2.26. The fourth-order valence-corrected chi connectivity index (χ4v) is 1.51. The van der Waals surface area contributed by atoms with Gasteiger partial charge in [0.2, 0.25) is 0 Å². The molecule has 0 aliphatic heterocycles. The Bertz CT molecular complexity index is 581. The predicted molar refractivity (Wildman–Crippen MR) is 63.2 cm³/mol. The number of nitriles is 1. The summed E-state index contributed by atoms with van der Waals surface area (Å²) in [6.45, 7) is 2.08. The molecule has 1 aromatic carbocycles. The average molecular weight is 228 g/mol. The number of hydrogen-bond donors (Lipinski definition) is 2. The number of hydrogen-bond acceptors (Lipinski definition) is 3. The number of benzene rings is 1. The summed E-state index contributed by atoms with van der Waals surface area (Å²) in [7, 11) is 0. The van der Waals surface area contributed by atoms with Crippen molar-refractivity contribution in [1.82, 2.24) is 15.5 Å². The summed E-state index contributed by atoms with van der Waals surface area (Å²) in [5.74, 6) is -0.464. The van der Waals surface area contributed by atoms with E-state index in [4.69, 9.17) is 5.26 Å². The van der Waals surface area contributed by atoms with Gasteiger partial charge >= 0.3 is 0 Å². The average Bonchev–Trinajstić information content (AvgIpc) is 2.79. The minimum absolute atomic E-state index is 0.204. The van der Waals surface area contributed by atoms with Crippen LogP contribution in [0, 0.1) is 17.2 Å². The fourth-order valence-electron chi connectivity index (χ4n) is 1.51. The highest BCUT2D eigenvalue weighted by atomic mass is 16.1. The molecule has 2 rings (SSSR count). The van der Waals surface area contributed by atoms with E-state index >= 15 is 0 Å². The molecular weight excluding hydrogens is 216 g/mol. The smallest absolute Gasteiger partial charge is 0.272 e. The lowest BCUT2D eigenvalue weighted by atomic mass is 10.2. The predicted octanol–water partition coefficient (Wildman–Crippen LogP) is 1.45. The van der Waals surface area contributed by atoms with Crippen molar-refractivity contribution in [2.24, 2.45) is 5.92 Å². The van der Waals surface area contributed by atoms with Gasteiger partial charge in [0.15, 0.2) is 5.69 Å². The number of aromatic nitrogens is 2. The first kappa shape index (κ1) is 11.1. The first-order valence-corrected chi connectivity index (χ1v) is 5.33. The molecule has 0 spiro atoms. The monoisotopic (exact) mass is 228 g/mol. The SMILES string of the molecule is CC(C#N)CNC(=O)c1n[nH]c2ccccc12. The molecule has 1 atom stereocenters. The molecular formula is C12H12N4O. The minimum atomic E-state index is -0.260. The molecule has 1 amide bonds. The van der Waals surface area contributed by atoms with Crippen LogP contribution in [-0.4, -0.2) is 22.6 Å². The zero-order valence-corrected chi connectivity index (χ0v) is 9.40. The Labute approximate surface area is 98.4 Å². The Kier molecular flexibility index (Phi) is 3.06. The zero-order chi connectivity index (χ0) is 12.3. The van der Waals surface area contributed by atoms with E-state index < -0.39 is 0 Å². The zero-order valence-electron chi connectivity index (χ0n) is 9.40. The summed E-state index contributed by atoms with van der Waals surface area (Å²) in [6, 6.07) is 9.48. The van der Waals surface area contributed by atoms with Gasteiger partial charge in [0.05, 0.1) is 17.5 Å².